The summed E-state index contributed by atoms with van der Waals surface area (Å²) in [6.07, 6.45) is 0. The summed E-state index contributed by atoms with van der Waals surface area (Å²) in [6, 6.07) is 13.8. The molecule has 0 aliphatic rings. The quantitative estimate of drug-likeness (QED) is 0.717. The molecule has 0 aliphatic carbocycles. The van der Waals surface area contributed by atoms with Gasteiger partial charge >= 0.3 is 5.63 Å². The zero-order valence-electron chi connectivity index (χ0n) is 13.4. The molecule has 122 valence electrons. The molecule has 0 spiro atoms. The van der Waals surface area contributed by atoms with Crippen molar-refractivity contribution in [3.63, 3.8) is 0 Å². The van der Waals surface area contributed by atoms with Crippen molar-refractivity contribution >= 4 is 22.6 Å². The summed E-state index contributed by atoms with van der Waals surface area (Å²) in [5, 5.41) is 13.2. The lowest BCUT2D eigenvalue weighted by Gasteiger charge is -2.09. The Morgan fingerprint density at radius 3 is 2.42 bits per heavy atom. The molecule has 0 aliphatic heterocycles. The third-order valence-corrected chi connectivity index (χ3v) is 3.85. The predicted molar refractivity (Wildman–Crippen MR) is 92.6 cm³/mol. The number of fused-ring (bicyclic) bond motifs is 1. The van der Waals surface area contributed by atoms with E-state index in [-0.39, 0.29) is 11.3 Å². The second-order valence-corrected chi connectivity index (χ2v) is 5.84. The summed E-state index contributed by atoms with van der Waals surface area (Å²) in [5.41, 5.74) is 0.638. The third-order valence-electron chi connectivity index (χ3n) is 3.85. The molecule has 1 amide bonds. The number of amides is 1. The van der Waals surface area contributed by atoms with Crippen LogP contribution in [-0.2, 0) is 0 Å². The Balaban J connectivity index is 1.95. The molecule has 0 saturated heterocycles. The first-order valence-corrected chi connectivity index (χ1v) is 7.63. The van der Waals surface area contributed by atoms with E-state index in [1.165, 1.54) is 0 Å². The number of hydrogen-bond acceptors (Lipinski definition) is 4. The largest absolute Gasteiger partial charge is 0.506 e. The summed E-state index contributed by atoms with van der Waals surface area (Å²) >= 11 is 0. The van der Waals surface area contributed by atoms with E-state index in [9.17, 15) is 14.7 Å². The molecule has 1 aromatic heterocycles. The van der Waals surface area contributed by atoms with Crippen LogP contribution >= 0.6 is 0 Å². The Kier molecular flexibility index (Phi) is 4.08. The molecule has 24 heavy (non-hydrogen) atoms. The van der Waals surface area contributed by atoms with Gasteiger partial charge < -0.3 is 14.8 Å². The van der Waals surface area contributed by atoms with Crippen LogP contribution < -0.4 is 10.9 Å². The van der Waals surface area contributed by atoms with Crippen molar-refractivity contribution in [2.24, 2.45) is 0 Å². The maximum Gasteiger partial charge on any atom is 0.353 e. The summed E-state index contributed by atoms with van der Waals surface area (Å²) in [5.74, 6) is -0.700. The van der Waals surface area contributed by atoms with Crippen LogP contribution in [0.5, 0.6) is 5.75 Å². The van der Waals surface area contributed by atoms with Gasteiger partial charge in [-0.2, -0.15) is 0 Å². The predicted octanol–water partition coefficient (Wildman–Crippen LogP) is 3.87. The molecule has 3 rings (SSSR count). The number of carbonyl (C=O) groups is 1. The highest BCUT2D eigenvalue weighted by Crippen LogP contribution is 2.26. The van der Waals surface area contributed by atoms with Crippen LogP contribution in [0, 0.1) is 0 Å². The zero-order chi connectivity index (χ0) is 17.3. The Morgan fingerprint density at radius 2 is 1.75 bits per heavy atom. The minimum absolute atomic E-state index is 0.234. The van der Waals surface area contributed by atoms with Crippen LogP contribution in [0.3, 0.4) is 0 Å². The number of para-hydroxylation sites is 1. The SMILES string of the molecule is CC(C)c1ccc(NC(=O)c2c(O)c3ccccc3oc2=O)cc1. The van der Waals surface area contributed by atoms with Crippen LogP contribution in [0.15, 0.2) is 57.7 Å². The lowest BCUT2D eigenvalue weighted by molar-refractivity contribution is 0.102. The van der Waals surface area contributed by atoms with Crippen molar-refractivity contribution < 1.29 is 14.3 Å². The topological polar surface area (TPSA) is 79.5 Å². The van der Waals surface area contributed by atoms with Gasteiger partial charge in [-0.3, -0.25) is 4.79 Å². The third kappa shape index (κ3) is 2.88. The molecule has 2 aromatic carbocycles. The van der Waals surface area contributed by atoms with Crippen LogP contribution in [0.4, 0.5) is 5.69 Å². The van der Waals surface area contributed by atoms with Crippen molar-refractivity contribution in [3.8, 4) is 5.75 Å². The highest BCUT2D eigenvalue weighted by molar-refractivity contribution is 6.08. The standard InChI is InChI=1S/C19H17NO4/c1-11(2)12-7-9-13(10-8-12)20-18(22)16-17(21)14-5-3-4-6-15(14)24-19(16)23/h3-11,21H,1-2H3,(H,20,22). The van der Waals surface area contributed by atoms with E-state index in [1.54, 1.807) is 36.4 Å². The molecule has 2 N–H and O–H groups in total. The molecule has 0 bridgehead atoms. The van der Waals surface area contributed by atoms with Gasteiger partial charge in [0.1, 0.15) is 11.3 Å². The van der Waals surface area contributed by atoms with Gasteiger partial charge in [0, 0.05) is 5.69 Å². The Hall–Kier alpha value is -3.08. The maximum atomic E-state index is 12.4. The van der Waals surface area contributed by atoms with Crippen molar-refractivity contribution in [2.45, 2.75) is 19.8 Å². The number of benzene rings is 2. The van der Waals surface area contributed by atoms with Crippen molar-refractivity contribution in [1.29, 1.82) is 0 Å². The summed E-state index contributed by atoms with van der Waals surface area (Å²) < 4.78 is 5.11. The minimum atomic E-state index is -0.873. The van der Waals surface area contributed by atoms with Gasteiger partial charge in [0.05, 0.1) is 5.39 Å². The van der Waals surface area contributed by atoms with Crippen LogP contribution in [0.1, 0.15) is 35.7 Å². The number of anilines is 1. The number of rotatable bonds is 3. The number of aromatic hydroxyl groups is 1. The Bertz CT molecular complexity index is 955. The lowest BCUT2D eigenvalue weighted by Crippen LogP contribution is -2.21. The monoisotopic (exact) mass is 323 g/mol. The van der Waals surface area contributed by atoms with E-state index in [0.29, 0.717) is 17.0 Å². The van der Waals surface area contributed by atoms with Gasteiger partial charge in [-0.1, -0.05) is 38.1 Å². The molecule has 3 aromatic rings. The van der Waals surface area contributed by atoms with Crippen molar-refractivity contribution in [3.05, 3.63) is 70.1 Å². The number of nitrogens with one attached hydrogen (secondary N) is 1. The van der Waals surface area contributed by atoms with Gasteiger partial charge in [0.2, 0.25) is 0 Å². The summed E-state index contributed by atoms with van der Waals surface area (Å²) in [4.78, 5) is 24.4. The van der Waals surface area contributed by atoms with E-state index in [2.05, 4.69) is 19.2 Å². The molecular formula is C19H17NO4. The Labute approximate surface area is 138 Å². The Morgan fingerprint density at radius 1 is 1.08 bits per heavy atom. The van der Waals surface area contributed by atoms with Crippen molar-refractivity contribution in [2.75, 3.05) is 5.32 Å². The highest BCUT2D eigenvalue weighted by Gasteiger charge is 2.20. The molecule has 5 heteroatoms. The molecule has 0 radical (unpaired) electrons. The maximum absolute atomic E-state index is 12.4. The average Bonchev–Trinajstić information content (AvgIpc) is 2.55. The van der Waals surface area contributed by atoms with E-state index < -0.39 is 17.1 Å². The number of hydrogen-bond donors (Lipinski definition) is 2. The van der Waals surface area contributed by atoms with Crippen molar-refractivity contribution in [1.82, 2.24) is 0 Å². The van der Waals surface area contributed by atoms with Crippen LogP contribution in [0.25, 0.3) is 11.0 Å². The van der Waals surface area contributed by atoms with Gasteiger partial charge in [-0.25, -0.2) is 4.79 Å². The highest BCUT2D eigenvalue weighted by atomic mass is 16.4. The van der Waals surface area contributed by atoms with Gasteiger partial charge in [-0.15, -0.1) is 0 Å². The first-order chi connectivity index (χ1) is 11.5. The average molecular weight is 323 g/mol. The normalized spacial score (nSPS) is 11.0. The molecule has 5 nitrogen and oxygen atoms in total. The molecule has 0 atom stereocenters. The molecular weight excluding hydrogens is 306 g/mol. The van der Waals surface area contributed by atoms with E-state index >= 15 is 0 Å². The summed E-state index contributed by atoms with van der Waals surface area (Å²) in [7, 11) is 0. The first-order valence-electron chi connectivity index (χ1n) is 7.63. The minimum Gasteiger partial charge on any atom is -0.506 e. The molecule has 0 saturated carbocycles. The van der Waals surface area contributed by atoms with Gasteiger partial charge in [0.25, 0.3) is 5.91 Å². The van der Waals surface area contributed by atoms with E-state index in [0.717, 1.165) is 5.56 Å². The molecule has 0 fully saturated rings. The second kappa shape index (κ2) is 6.20. The smallest absolute Gasteiger partial charge is 0.353 e. The van der Waals surface area contributed by atoms with Gasteiger partial charge in [-0.05, 0) is 35.7 Å². The van der Waals surface area contributed by atoms with Crippen LogP contribution in [-0.4, -0.2) is 11.0 Å². The fraction of sp³-hybridized carbons (Fsp3) is 0.158. The fourth-order valence-electron chi connectivity index (χ4n) is 2.48. The van der Waals surface area contributed by atoms with Crippen LogP contribution in [0.2, 0.25) is 0 Å². The molecule has 1 heterocycles. The number of carbonyl (C=O) groups excluding carboxylic acids is 1. The zero-order valence-corrected chi connectivity index (χ0v) is 13.4. The first kappa shape index (κ1) is 15.8. The lowest BCUT2D eigenvalue weighted by atomic mass is 10.0. The summed E-state index contributed by atoms with van der Waals surface area (Å²) in [6.45, 7) is 4.15. The fourth-order valence-corrected chi connectivity index (χ4v) is 2.48. The van der Waals surface area contributed by atoms with Gasteiger partial charge in [0.15, 0.2) is 5.56 Å². The van der Waals surface area contributed by atoms with E-state index in [4.69, 9.17) is 4.42 Å². The second-order valence-electron chi connectivity index (χ2n) is 5.84. The molecule has 0 unspecified atom stereocenters. The van der Waals surface area contributed by atoms with E-state index in [1.807, 2.05) is 12.1 Å².